The maximum absolute atomic E-state index is 10.5. The molecule has 0 fully saturated rings. The molecular formula is C12H11NOS. The summed E-state index contributed by atoms with van der Waals surface area (Å²) < 4.78 is 0. The minimum absolute atomic E-state index is 0.148. The first-order valence-electron chi connectivity index (χ1n) is 4.77. The van der Waals surface area contributed by atoms with E-state index in [-0.39, 0.29) is 6.04 Å². The Bertz CT molecular complexity index is 397. The number of hydrogen-bond acceptors (Lipinski definition) is 3. The Balaban J connectivity index is 2.04. The molecule has 1 aliphatic heterocycles. The van der Waals surface area contributed by atoms with E-state index in [2.05, 4.69) is 4.99 Å². The minimum atomic E-state index is -0.148. The van der Waals surface area contributed by atoms with Gasteiger partial charge in [0.15, 0.2) is 0 Å². The first-order valence-corrected chi connectivity index (χ1v) is 5.76. The number of thioether (sulfide) groups is 1. The molecule has 0 radical (unpaired) electrons. The zero-order valence-electron chi connectivity index (χ0n) is 8.17. The summed E-state index contributed by atoms with van der Waals surface area (Å²) >= 11 is 1.63. The highest BCUT2D eigenvalue weighted by Crippen LogP contribution is 2.18. The van der Waals surface area contributed by atoms with Crippen molar-refractivity contribution in [2.24, 2.45) is 4.99 Å². The van der Waals surface area contributed by atoms with Gasteiger partial charge < -0.3 is 4.79 Å². The number of nitrogens with zero attached hydrogens (tertiary/aromatic N) is 1. The van der Waals surface area contributed by atoms with Crippen molar-refractivity contribution in [1.82, 2.24) is 0 Å². The third kappa shape index (κ3) is 2.80. The predicted molar refractivity (Wildman–Crippen MR) is 65.2 cm³/mol. The van der Waals surface area contributed by atoms with Crippen molar-refractivity contribution in [3.05, 3.63) is 42.0 Å². The second-order valence-corrected chi connectivity index (χ2v) is 4.27. The zero-order chi connectivity index (χ0) is 10.5. The second kappa shape index (κ2) is 4.94. The Labute approximate surface area is 93.1 Å². The van der Waals surface area contributed by atoms with Crippen LogP contribution in [0.2, 0.25) is 0 Å². The summed E-state index contributed by atoms with van der Waals surface area (Å²) in [6, 6.07) is 9.91. The lowest BCUT2D eigenvalue weighted by atomic mass is 10.2. The van der Waals surface area contributed by atoms with Crippen molar-refractivity contribution in [2.75, 3.05) is 5.75 Å². The fourth-order valence-corrected chi connectivity index (χ4v) is 2.17. The van der Waals surface area contributed by atoms with Gasteiger partial charge in [0.2, 0.25) is 0 Å². The molecule has 1 aromatic rings. The van der Waals surface area contributed by atoms with E-state index in [0.717, 1.165) is 22.6 Å². The quantitative estimate of drug-likeness (QED) is 0.728. The molecule has 3 heteroatoms. The molecule has 0 amide bonds. The molecule has 0 saturated heterocycles. The minimum Gasteiger partial charge on any atom is -0.301 e. The number of rotatable bonds is 3. The van der Waals surface area contributed by atoms with Crippen molar-refractivity contribution >= 4 is 29.2 Å². The van der Waals surface area contributed by atoms with Gasteiger partial charge in [0, 0.05) is 5.75 Å². The first-order chi connectivity index (χ1) is 7.38. The maximum atomic E-state index is 10.5. The van der Waals surface area contributed by atoms with E-state index in [1.54, 1.807) is 11.8 Å². The Kier molecular flexibility index (Phi) is 3.35. The Hall–Kier alpha value is -1.35. The van der Waals surface area contributed by atoms with Crippen LogP contribution in [0, 0.1) is 0 Å². The standard InChI is InChI=1S/C12H11NOS/c14-8-11-9-15-12(13-11)7-6-10-4-2-1-3-5-10/h1-8,11H,9H2/b7-6+/t11-/m0/s1. The normalized spacial score (nSPS) is 20.5. The van der Waals surface area contributed by atoms with E-state index in [0.29, 0.717) is 0 Å². The Morgan fingerprint density at radius 3 is 2.73 bits per heavy atom. The van der Waals surface area contributed by atoms with E-state index in [9.17, 15) is 4.79 Å². The van der Waals surface area contributed by atoms with Crippen LogP contribution in [0.1, 0.15) is 5.56 Å². The molecule has 0 spiro atoms. The van der Waals surface area contributed by atoms with Gasteiger partial charge in [-0.3, -0.25) is 4.99 Å². The fraction of sp³-hybridized carbons (Fsp3) is 0.167. The molecule has 0 N–H and O–H groups in total. The number of hydrogen-bond donors (Lipinski definition) is 0. The van der Waals surface area contributed by atoms with Crippen LogP contribution in [-0.4, -0.2) is 23.1 Å². The molecule has 1 heterocycles. The molecule has 76 valence electrons. The summed E-state index contributed by atoms with van der Waals surface area (Å²) in [5, 5.41) is 0.941. The smallest absolute Gasteiger partial charge is 0.145 e. The summed E-state index contributed by atoms with van der Waals surface area (Å²) in [5.74, 6) is 0.776. The first kappa shape index (κ1) is 10.2. The lowest BCUT2D eigenvalue weighted by Gasteiger charge is -1.91. The molecule has 2 rings (SSSR count). The van der Waals surface area contributed by atoms with Gasteiger partial charge in [-0.15, -0.1) is 11.8 Å². The highest BCUT2D eigenvalue weighted by molar-refractivity contribution is 8.14. The number of aliphatic imine (C=N–C) groups is 1. The van der Waals surface area contributed by atoms with Crippen LogP contribution in [-0.2, 0) is 4.79 Å². The van der Waals surface area contributed by atoms with Gasteiger partial charge in [-0.2, -0.15) is 0 Å². The Morgan fingerprint density at radius 1 is 1.27 bits per heavy atom. The Morgan fingerprint density at radius 2 is 2.07 bits per heavy atom. The van der Waals surface area contributed by atoms with E-state index in [1.807, 2.05) is 42.5 Å². The molecular weight excluding hydrogens is 206 g/mol. The molecule has 0 aliphatic carbocycles. The molecule has 1 atom stereocenters. The van der Waals surface area contributed by atoms with Crippen molar-refractivity contribution in [3.63, 3.8) is 0 Å². The van der Waals surface area contributed by atoms with Gasteiger partial charge in [0.25, 0.3) is 0 Å². The molecule has 0 bridgehead atoms. The molecule has 0 saturated carbocycles. The summed E-state index contributed by atoms with van der Waals surface area (Å²) in [6.07, 6.45) is 4.87. The molecule has 15 heavy (non-hydrogen) atoms. The lowest BCUT2D eigenvalue weighted by Crippen LogP contribution is -2.03. The zero-order valence-corrected chi connectivity index (χ0v) is 8.98. The SMILES string of the molecule is O=C[C@H]1CSC(/C=C/c2ccccc2)=N1. The highest BCUT2D eigenvalue weighted by Gasteiger charge is 2.14. The number of aldehydes is 1. The second-order valence-electron chi connectivity index (χ2n) is 3.23. The summed E-state index contributed by atoms with van der Waals surface area (Å²) in [6.45, 7) is 0. The van der Waals surface area contributed by atoms with Gasteiger partial charge in [-0.1, -0.05) is 36.4 Å². The third-order valence-corrected chi connectivity index (χ3v) is 3.12. The van der Waals surface area contributed by atoms with Gasteiger partial charge in [0.05, 0.1) is 5.04 Å². The van der Waals surface area contributed by atoms with Gasteiger partial charge in [0.1, 0.15) is 12.3 Å². The largest absolute Gasteiger partial charge is 0.301 e. The van der Waals surface area contributed by atoms with E-state index >= 15 is 0 Å². The number of carbonyl (C=O) groups excluding carboxylic acids is 1. The van der Waals surface area contributed by atoms with Crippen LogP contribution in [0.5, 0.6) is 0 Å². The molecule has 2 nitrogen and oxygen atoms in total. The van der Waals surface area contributed by atoms with E-state index < -0.39 is 0 Å². The van der Waals surface area contributed by atoms with Crippen LogP contribution in [0.15, 0.2) is 41.4 Å². The van der Waals surface area contributed by atoms with Crippen LogP contribution < -0.4 is 0 Å². The van der Waals surface area contributed by atoms with Gasteiger partial charge >= 0.3 is 0 Å². The fourth-order valence-electron chi connectivity index (χ4n) is 1.30. The molecule has 1 aliphatic rings. The van der Waals surface area contributed by atoms with Crippen molar-refractivity contribution in [3.8, 4) is 0 Å². The summed E-state index contributed by atoms with van der Waals surface area (Å²) in [4.78, 5) is 14.7. The van der Waals surface area contributed by atoms with Crippen LogP contribution in [0.3, 0.4) is 0 Å². The van der Waals surface area contributed by atoms with Crippen molar-refractivity contribution in [1.29, 1.82) is 0 Å². The number of benzene rings is 1. The van der Waals surface area contributed by atoms with E-state index in [1.165, 1.54) is 0 Å². The average Bonchev–Trinajstić information content (AvgIpc) is 2.76. The summed E-state index contributed by atoms with van der Waals surface area (Å²) in [5.41, 5.74) is 1.15. The highest BCUT2D eigenvalue weighted by atomic mass is 32.2. The average molecular weight is 217 g/mol. The third-order valence-electron chi connectivity index (χ3n) is 2.07. The van der Waals surface area contributed by atoms with Crippen LogP contribution in [0.25, 0.3) is 6.08 Å². The van der Waals surface area contributed by atoms with Crippen molar-refractivity contribution < 1.29 is 4.79 Å². The van der Waals surface area contributed by atoms with Crippen LogP contribution >= 0.6 is 11.8 Å². The van der Waals surface area contributed by atoms with E-state index in [4.69, 9.17) is 0 Å². The molecule has 0 aromatic heterocycles. The summed E-state index contributed by atoms with van der Waals surface area (Å²) in [7, 11) is 0. The lowest BCUT2D eigenvalue weighted by molar-refractivity contribution is -0.108. The molecule has 1 aromatic carbocycles. The predicted octanol–water partition coefficient (Wildman–Crippen LogP) is 2.41. The van der Waals surface area contributed by atoms with Gasteiger partial charge in [-0.25, -0.2) is 0 Å². The maximum Gasteiger partial charge on any atom is 0.145 e. The molecule has 0 unspecified atom stereocenters. The topological polar surface area (TPSA) is 29.4 Å². The number of carbonyl (C=O) groups is 1. The van der Waals surface area contributed by atoms with Gasteiger partial charge in [-0.05, 0) is 11.6 Å². The van der Waals surface area contributed by atoms with Crippen molar-refractivity contribution in [2.45, 2.75) is 6.04 Å². The monoisotopic (exact) mass is 217 g/mol. The van der Waals surface area contributed by atoms with Crippen LogP contribution in [0.4, 0.5) is 0 Å².